The van der Waals surface area contributed by atoms with Gasteiger partial charge in [-0.15, -0.1) is 12.4 Å². The van der Waals surface area contributed by atoms with Gasteiger partial charge in [-0.05, 0) is 36.8 Å². The summed E-state index contributed by atoms with van der Waals surface area (Å²) in [7, 11) is 1.77. The predicted molar refractivity (Wildman–Crippen MR) is 91.9 cm³/mol. The van der Waals surface area contributed by atoms with Crippen LogP contribution in [0.3, 0.4) is 0 Å². The highest BCUT2D eigenvalue weighted by molar-refractivity contribution is 5.85. The van der Waals surface area contributed by atoms with E-state index in [9.17, 15) is 0 Å². The molecule has 1 aromatic carbocycles. The van der Waals surface area contributed by atoms with Crippen molar-refractivity contribution < 1.29 is 9.47 Å². The fourth-order valence-corrected chi connectivity index (χ4v) is 4.06. The second kappa shape index (κ2) is 7.67. The van der Waals surface area contributed by atoms with E-state index in [1.165, 1.54) is 48.8 Å². The minimum Gasteiger partial charge on any atom is -0.496 e. The molecular weight excluding hydrogens is 298 g/mol. The summed E-state index contributed by atoms with van der Waals surface area (Å²) < 4.78 is 12.0. The van der Waals surface area contributed by atoms with Crippen molar-refractivity contribution in [1.82, 2.24) is 0 Å². The van der Waals surface area contributed by atoms with E-state index in [0.29, 0.717) is 18.6 Å². The van der Waals surface area contributed by atoms with E-state index in [0.717, 1.165) is 12.2 Å². The third-order valence-corrected chi connectivity index (χ3v) is 5.18. The molecule has 3 nitrogen and oxygen atoms in total. The van der Waals surface area contributed by atoms with Crippen LogP contribution in [0.2, 0.25) is 0 Å². The predicted octanol–water partition coefficient (Wildman–Crippen LogP) is 3.95. The standard InChI is InChI=1S/C18H27NO2.ClH/c1-12-8-9-14-15(18(12)20-2)10-16(21-17(14)11-19)13-6-4-3-5-7-13;/h8-9,13,16-17H,3-7,10-11,19H2,1-2H3;1H. The molecule has 0 saturated heterocycles. The first kappa shape index (κ1) is 17.6. The zero-order chi connectivity index (χ0) is 14.8. The van der Waals surface area contributed by atoms with Crippen molar-refractivity contribution in [3.05, 3.63) is 28.8 Å². The van der Waals surface area contributed by atoms with Gasteiger partial charge in [0.25, 0.3) is 0 Å². The average Bonchev–Trinajstić information content (AvgIpc) is 2.54. The molecule has 1 saturated carbocycles. The maximum Gasteiger partial charge on any atom is 0.125 e. The largest absolute Gasteiger partial charge is 0.496 e. The lowest BCUT2D eigenvalue weighted by Crippen LogP contribution is -2.36. The summed E-state index contributed by atoms with van der Waals surface area (Å²) in [6.45, 7) is 2.66. The van der Waals surface area contributed by atoms with E-state index in [1.807, 2.05) is 0 Å². The Kier molecular flexibility index (Phi) is 6.13. The highest BCUT2D eigenvalue weighted by Crippen LogP contribution is 2.41. The Morgan fingerprint density at radius 1 is 1.23 bits per heavy atom. The zero-order valence-corrected chi connectivity index (χ0v) is 14.5. The maximum absolute atomic E-state index is 6.36. The van der Waals surface area contributed by atoms with Crippen LogP contribution in [0.4, 0.5) is 0 Å². The first-order valence-electron chi connectivity index (χ1n) is 8.26. The van der Waals surface area contributed by atoms with Crippen LogP contribution in [0.25, 0.3) is 0 Å². The highest BCUT2D eigenvalue weighted by atomic mass is 35.5. The van der Waals surface area contributed by atoms with Crippen molar-refractivity contribution in [2.45, 2.75) is 57.7 Å². The van der Waals surface area contributed by atoms with Crippen molar-refractivity contribution in [2.75, 3.05) is 13.7 Å². The number of methoxy groups -OCH3 is 1. The van der Waals surface area contributed by atoms with Gasteiger partial charge in [-0.2, -0.15) is 0 Å². The molecule has 124 valence electrons. The Labute approximate surface area is 140 Å². The zero-order valence-electron chi connectivity index (χ0n) is 13.6. The van der Waals surface area contributed by atoms with E-state index in [1.54, 1.807) is 7.11 Å². The quantitative estimate of drug-likeness (QED) is 0.915. The molecule has 3 rings (SSSR count). The van der Waals surface area contributed by atoms with Gasteiger partial charge in [0.2, 0.25) is 0 Å². The summed E-state index contributed by atoms with van der Waals surface area (Å²) >= 11 is 0. The Bertz CT molecular complexity index is 500. The van der Waals surface area contributed by atoms with E-state index in [4.69, 9.17) is 15.2 Å². The van der Waals surface area contributed by atoms with E-state index >= 15 is 0 Å². The molecule has 1 fully saturated rings. The fraction of sp³-hybridized carbons (Fsp3) is 0.667. The number of halogens is 1. The molecular formula is C18H28ClNO2. The van der Waals surface area contributed by atoms with Crippen molar-refractivity contribution in [2.24, 2.45) is 11.7 Å². The molecule has 1 aliphatic carbocycles. The van der Waals surface area contributed by atoms with Gasteiger partial charge in [-0.25, -0.2) is 0 Å². The number of fused-ring (bicyclic) bond motifs is 1. The number of hydrogen-bond acceptors (Lipinski definition) is 3. The van der Waals surface area contributed by atoms with Crippen LogP contribution < -0.4 is 10.5 Å². The Morgan fingerprint density at radius 2 is 1.95 bits per heavy atom. The van der Waals surface area contributed by atoms with Gasteiger partial charge < -0.3 is 15.2 Å². The first-order valence-corrected chi connectivity index (χ1v) is 8.26. The van der Waals surface area contributed by atoms with Crippen LogP contribution in [-0.4, -0.2) is 19.8 Å². The molecule has 0 amide bonds. The van der Waals surface area contributed by atoms with E-state index in [-0.39, 0.29) is 18.5 Å². The highest BCUT2D eigenvalue weighted by Gasteiger charge is 2.34. The van der Waals surface area contributed by atoms with Crippen molar-refractivity contribution in [1.29, 1.82) is 0 Å². The topological polar surface area (TPSA) is 44.5 Å². The molecule has 0 aromatic heterocycles. The lowest BCUT2D eigenvalue weighted by molar-refractivity contribution is -0.0594. The van der Waals surface area contributed by atoms with E-state index < -0.39 is 0 Å². The molecule has 2 atom stereocenters. The third-order valence-electron chi connectivity index (χ3n) is 5.18. The normalized spacial score (nSPS) is 25.2. The second-order valence-electron chi connectivity index (χ2n) is 6.48. The molecule has 1 heterocycles. The van der Waals surface area contributed by atoms with E-state index in [2.05, 4.69) is 19.1 Å². The summed E-state index contributed by atoms with van der Waals surface area (Å²) in [6.07, 6.45) is 7.96. The summed E-state index contributed by atoms with van der Waals surface area (Å²) in [5.41, 5.74) is 9.74. The van der Waals surface area contributed by atoms with Crippen LogP contribution in [0.15, 0.2) is 12.1 Å². The molecule has 22 heavy (non-hydrogen) atoms. The van der Waals surface area contributed by atoms with Gasteiger partial charge in [-0.3, -0.25) is 0 Å². The SMILES string of the molecule is COc1c(C)ccc2c1CC(C1CCCCC1)OC2CN.Cl. The molecule has 2 N–H and O–H groups in total. The summed E-state index contributed by atoms with van der Waals surface area (Å²) in [5, 5.41) is 0. The van der Waals surface area contributed by atoms with Crippen LogP contribution in [0, 0.1) is 12.8 Å². The summed E-state index contributed by atoms with van der Waals surface area (Å²) in [5.74, 6) is 1.72. The lowest BCUT2D eigenvalue weighted by Gasteiger charge is -2.38. The van der Waals surface area contributed by atoms with Gasteiger partial charge in [-0.1, -0.05) is 31.4 Å². The van der Waals surface area contributed by atoms with Crippen molar-refractivity contribution >= 4 is 12.4 Å². The lowest BCUT2D eigenvalue weighted by atomic mass is 9.80. The maximum atomic E-state index is 6.36. The van der Waals surface area contributed by atoms with Crippen LogP contribution in [0.1, 0.15) is 54.9 Å². The molecule has 1 aliphatic heterocycles. The number of ether oxygens (including phenoxy) is 2. The van der Waals surface area contributed by atoms with Gasteiger partial charge >= 0.3 is 0 Å². The van der Waals surface area contributed by atoms with Crippen LogP contribution >= 0.6 is 12.4 Å². The molecule has 1 aromatic rings. The Balaban J connectivity index is 0.00000176. The minimum absolute atomic E-state index is 0. The number of benzene rings is 1. The molecule has 0 radical (unpaired) electrons. The number of rotatable bonds is 3. The van der Waals surface area contributed by atoms with Crippen LogP contribution in [0.5, 0.6) is 5.75 Å². The number of aryl methyl sites for hydroxylation is 1. The van der Waals surface area contributed by atoms with Gasteiger partial charge in [0, 0.05) is 18.5 Å². The first-order chi connectivity index (χ1) is 10.2. The summed E-state index contributed by atoms with van der Waals surface area (Å²) in [4.78, 5) is 0. The Morgan fingerprint density at radius 3 is 2.59 bits per heavy atom. The molecule has 4 heteroatoms. The minimum atomic E-state index is 0. The fourth-order valence-electron chi connectivity index (χ4n) is 4.06. The number of hydrogen-bond donors (Lipinski definition) is 1. The van der Waals surface area contributed by atoms with Gasteiger partial charge in [0.05, 0.1) is 19.3 Å². The third kappa shape index (κ3) is 3.27. The van der Waals surface area contributed by atoms with Crippen LogP contribution in [-0.2, 0) is 11.2 Å². The van der Waals surface area contributed by atoms with Crippen molar-refractivity contribution in [3.63, 3.8) is 0 Å². The average molecular weight is 326 g/mol. The van der Waals surface area contributed by atoms with Gasteiger partial charge in [0.1, 0.15) is 5.75 Å². The molecule has 0 bridgehead atoms. The second-order valence-corrected chi connectivity index (χ2v) is 6.48. The smallest absolute Gasteiger partial charge is 0.125 e. The number of nitrogens with two attached hydrogens (primary N) is 1. The van der Waals surface area contributed by atoms with Crippen molar-refractivity contribution in [3.8, 4) is 5.75 Å². The monoisotopic (exact) mass is 325 g/mol. The molecule has 2 aliphatic rings. The molecule has 2 unspecified atom stereocenters. The summed E-state index contributed by atoms with van der Waals surface area (Å²) in [6, 6.07) is 4.28. The van der Waals surface area contributed by atoms with Gasteiger partial charge in [0.15, 0.2) is 0 Å². The molecule has 0 spiro atoms. The Hall–Kier alpha value is -0.770.